The largest absolute Gasteiger partial charge is 0.372 e. The summed E-state index contributed by atoms with van der Waals surface area (Å²) in [7, 11) is 0. The van der Waals surface area contributed by atoms with Crippen molar-refractivity contribution in [2.24, 2.45) is 0 Å². The molecule has 2 aliphatic carbocycles. The highest BCUT2D eigenvalue weighted by atomic mass is 35.5. The Hall–Kier alpha value is -6.74. The van der Waals surface area contributed by atoms with Crippen LogP contribution in [0.2, 0.25) is 10.0 Å². The third-order valence-electron chi connectivity index (χ3n) is 20.2. The van der Waals surface area contributed by atoms with Gasteiger partial charge in [0.05, 0.1) is 39.4 Å². The number of rotatable bonds is 14. The molecule has 4 aromatic carbocycles. The number of amides is 4. The molecule has 13 nitrogen and oxygen atoms in total. The van der Waals surface area contributed by atoms with Crippen molar-refractivity contribution in [1.29, 1.82) is 0 Å². The number of fused-ring (bicyclic) bond motifs is 4. The molecule has 6 aromatic rings. The molecule has 6 aliphatic heterocycles. The Morgan fingerprint density at radius 1 is 0.460 bits per heavy atom. The van der Waals surface area contributed by atoms with Gasteiger partial charge in [0.15, 0.2) is 0 Å². The van der Waals surface area contributed by atoms with E-state index in [1.54, 1.807) is 0 Å². The zero-order valence-corrected chi connectivity index (χ0v) is 51.6. The van der Waals surface area contributed by atoms with Crippen LogP contribution < -0.4 is 9.80 Å². The molecule has 14 rings (SSSR count). The molecule has 8 aliphatic rings. The number of hydrogen-bond donors (Lipinski definition) is 0. The third kappa shape index (κ3) is 11.7. The number of carbonyl (C=O) groups excluding carboxylic acids is 4. The summed E-state index contributed by atoms with van der Waals surface area (Å²) in [6.07, 6.45) is 21.5. The Bertz CT molecular complexity index is 3460. The summed E-state index contributed by atoms with van der Waals surface area (Å²) in [6.45, 7) is 9.23. The molecule has 0 radical (unpaired) electrons. The van der Waals surface area contributed by atoms with Gasteiger partial charge in [-0.3, -0.25) is 19.2 Å². The summed E-state index contributed by atoms with van der Waals surface area (Å²) >= 11 is 14.7. The van der Waals surface area contributed by atoms with Gasteiger partial charge in [-0.05, 0) is 234 Å². The minimum Gasteiger partial charge on any atom is -0.372 e. The Morgan fingerprint density at radius 2 is 0.897 bits per heavy atom. The number of ether oxygens (including phenoxy) is 1. The Labute approximate surface area is 522 Å². The van der Waals surface area contributed by atoms with E-state index in [-0.39, 0.29) is 62.0 Å². The van der Waals surface area contributed by atoms with Crippen LogP contribution in [-0.4, -0.2) is 117 Å². The van der Waals surface area contributed by atoms with Gasteiger partial charge in [-0.25, -0.2) is 0 Å². The number of anilines is 2. The van der Waals surface area contributed by atoms with Gasteiger partial charge in [-0.2, -0.15) is 0 Å². The van der Waals surface area contributed by atoms with Crippen LogP contribution in [0.3, 0.4) is 0 Å². The maximum Gasteiger partial charge on any atom is 0.270 e. The van der Waals surface area contributed by atoms with Crippen molar-refractivity contribution in [2.45, 2.75) is 154 Å². The number of halogens is 2. The topological polar surface area (TPSA) is 107 Å². The molecule has 4 saturated heterocycles. The second-order valence-electron chi connectivity index (χ2n) is 25.7. The van der Waals surface area contributed by atoms with E-state index in [4.69, 9.17) is 27.9 Å². The molecule has 0 unspecified atom stereocenters. The number of aromatic nitrogens is 2. The Balaban J connectivity index is 0.775. The molecule has 452 valence electrons. The van der Waals surface area contributed by atoms with E-state index in [1.807, 2.05) is 82.6 Å². The molecule has 0 spiro atoms. The molecule has 87 heavy (non-hydrogen) atoms. The van der Waals surface area contributed by atoms with Gasteiger partial charge in [0.25, 0.3) is 23.6 Å². The summed E-state index contributed by atoms with van der Waals surface area (Å²) in [5.74, 6) is -0.325. The SMILES string of the molecule is O=C(c1cc(Cl)c(C2=CCCCC2)cc1COCc1cc(C2=CCCCC2)c(Cl)cc1C(=O)N1Cc2ccc(C(=O)N3CCC[C@H]3CN3CCCC3)n2Cc2ccccc21)N1Cc2ccc(C(=O)N3CCC[C@H]3CN3CCCC3)n2Cc2ccccc21. The molecule has 8 heterocycles. The predicted octanol–water partition coefficient (Wildman–Crippen LogP) is 14.0. The van der Waals surface area contributed by atoms with Crippen molar-refractivity contribution in [3.05, 3.63) is 187 Å². The summed E-state index contributed by atoms with van der Waals surface area (Å²) in [5.41, 5.74) is 12.9. The van der Waals surface area contributed by atoms with Crippen LogP contribution >= 0.6 is 23.2 Å². The third-order valence-corrected chi connectivity index (χ3v) is 20.8. The second kappa shape index (κ2) is 25.4. The fourth-order valence-corrected chi connectivity index (χ4v) is 16.1. The molecule has 4 amide bonds. The molecule has 0 bridgehead atoms. The van der Waals surface area contributed by atoms with Crippen LogP contribution in [0.5, 0.6) is 0 Å². The van der Waals surface area contributed by atoms with Gasteiger partial charge in [0.2, 0.25) is 0 Å². The molecule has 0 saturated carbocycles. The summed E-state index contributed by atoms with van der Waals surface area (Å²) in [5, 5.41) is 1.02. The van der Waals surface area contributed by atoms with E-state index in [0.717, 1.165) is 186 Å². The van der Waals surface area contributed by atoms with Gasteiger partial charge >= 0.3 is 0 Å². The molecular formula is C72H80Cl2N8O5. The average molecular weight is 1210 g/mol. The highest BCUT2D eigenvalue weighted by Gasteiger charge is 2.38. The highest BCUT2D eigenvalue weighted by Crippen LogP contribution is 2.40. The lowest BCUT2D eigenvalue weighted by Gasteiger charge is -2.29. The van der Waals surface area contributed by atoms with E-state index in [0.29, 0.717) is 56.8 Å². The van der Waals surface area contributed by atoms with Crippen LogP contribution in [0.25, 0.3) is 11.1 Å². The average Bonchev–Trinajstić information content (AvgIpc) is 2.55. The number of allylic oxidation sites excluding steroid dienone is 4. The lowest BCUT2D eigenvalue weighted by atomic mass is 9.91. The maximum atomic E-state index is 15.8. The zero-order valence-electron chi connectivity index (χ0n) is 50.1. The van der Waals surface area contributed by atoms with E-state index >= 15 is 9.59 Å². The minimum atomic E-state index is -0.217. The minimum absolute atomic E-state index is 0.0541. The van der Waals surface area contributed by atoms with Crippen molar-refractivity contribution in [2.75, 3.05) is 62.2 Å². The highest BCUT2D eigenvalue weighted by molar-refractivity contribution is 6.33. The summed E-state index contributed by atoms with van der Waals surface area (Å²) < 4.78 is 11.2. The van der Waals surface area contributed by atoms with Crippen LogP contribution in [-0.2, 0) is 44.1 Å². The molecule has 2 aromatic heterocycles. The van der Waals surface area contributed by atoms with Crippen molar-refractivity contribution in [3.8, 4) is 0 Å². The number of benzene rings is 4. The molecule has 4 fully saturated rings. The summed E-state index contributed by atoms with van der Waals surface area (Å²) in [6, 6.07) is 32.2. The Kier molecular flexibility index (Phi) is 16.9. The molecule has 15 heteroatoms. The number of likely N-dealkylation sites (tertiary alicyclic amines) is 4. The first kappa shape index (κ1) is 58.0. The monoisotopic (exact) mass is 1210 g/mol. The number of carbonyl (C=O) groups is 4. The summed E-state index contributed by atoms with van der Waals surface area (Å²) in [4.78, 5) is 73.8. The van der Waals surface area contributed by atoms with Crippen LogP contribution in [0.1, 0.15) is 189 Å². The lowest BCUT2D eigenvalue weighted by Crippen LogP contribution is -2.43. The normalized spacial score (nSPS) is 20.6. The standard InChI is InChI=1S/C72H80Cl2N8O5/c73-63-39-61(69(83)81-45-57-27-29-67(79(57)41-51-21-7-9-25-65(51)81)71(85)77-35-15-23-55(77)43-75-31-11-12-32-75)53(37-59(63)49-17-3-1-4-18-49)47-87-48-54-38-60(50-19-5-2-6-20-50)64(74)40-62(54)70(84)82-46-58-28-30-68(80(58)42-52-22-8-10-26-66(52)82)72(86)78-36-16-24-56(78)44-76-33-13-14-34-76/h7-10,17,19,21-22,25-30,37-40,55-56H,1-6,11-16,18,20,23-24,31-36,41-48H2/t55-,56-/m0/s1. The van der Waals surface area contributed by atoms with Gasteiger partial charge < -0.3 is 43.3 Å². The molecular weight excluding hydrogens is 1130 g/mol. The second-order valence-corrected chi connectivity index (χ2v) is 26.5. The van der Waals surface area contributed by atoms with Gasteiger partial charge in [0.1, 0.15) is 11.4 Å². The fourth-order valence-electron chi connectivity index (χ4n) is 15.6. The molecule has 2 atom stereocenters. The first-order valence-corrected chi connectivity index (χ1v) is 33.2. The zero-order chi connectivity index (χ0) is 59.1. The van der Waals surface area contributed by atoms with E-state index in [2.05, 4.69) is 65.2 Å². The van der Waals surface area contributed by atoms with Crippen LogP contribution in [0.15, 0.2) is 109 Å². The van der Waals surface area contributed by atoms with E-state index in [9.17, 15) is 9.59 Å². The van der Waals surface area contributed by atoms with Crippen LogP contribution in [0, 0.1) is 0 Å². The fraction of sp³-hybridized carbons (Fsp3) is 0.444. The quantitative estimate of drug-likeness (QED) is 0.107. The molecule has 0 N–H and O–H groups in total. The Morgan fingerprint density at radius 3 is 1.32 bits per heavy atom. The van der Waals surface area contributed by atoms with Gasteiger partial charge in [-0.15, -0.1) is 0 Å². The van der Waals surface area contributed by atoms with E-state index < -0.39 is 0 Å². The van der Waals surface area contributed by atoms with E-state index in [1.165, 1.54) is 25.7 Å². The number of hydrogen-bond acceptors (Lipinski definition) is 7. The number of nitrogens with zero attached hydrogens (tertiary/aromatic N) is 8. The van der Waals surface area contributed by atoms with Crippen molar-refractivity contribution in [3.63, 3.8) is 0 Å². The predicted molar refractivity (Wildman–Crippen MR) is 345 cm³/mol. The first-order valence-electron chi connectivity index (χ1n) is 32.5. The van der Waals surface area contributed by atoms with Crippen molar-refractivity contribution < 1.29 is 23.9 Å². The smallest absolute Gasteiger partial charge is 0.270 e. The van der Waals surface area contributed by atoms with Crippen molar-refractivity contribution in [1.82, 2.24) is 28.7 Å². The maximum absolute atomic E-state index is 15.8. The van der Waals surface area contributed by atoms with Gasteiger partial charge in [0, 0.05) is 82.2 Å². The van der Waals surface area contributed by atoms with Crippen molar-refractivity contribution >= 4 is 69.4 Å². The van der Waals surface area contributed by atoms with Crippen LogP contribution in [0.4, 0.5) is 11.4 Å². The lowest BCUT2D eigenvalue weighted by molar-refractivity contribution is 0.0690. The number of para-hydroxylation sites is 2. The first-order chi connectivity index (χ1) is 42.6. The van der Waals surface area contributed by atoms with Gasteiger partial charge in [-0.1, -0.05) is 71.8 Å².